The van der Waals surface area contributed by atoms with Gasteiger partial charge in [0.05, 0.1) is 19.8 Å². The lowest BCUT2D eigenvalue weighted by molar-refractivity contribution is 0.294. The SMILES string of the molecule is CCCOc1ccc(C(C)CCC#N)cc1OC. The molecule has 0 spiro atoms. The summed E-state index contributed by atoms with van der Waals surface area (Å²) in [5.41, 5.74) is 1.19. The molecule has 0 N–H and O–H groups in total. The van der Waals surface area contributed by atoms with Gasteiger partial charge in [0.15, 0.2) is 11.5 Å². The molecule has 0 saturated heterocycles. The molecule has 1 aromatic carbocycles. The van der Waals surface area contributed by atoms with E-state index >= 15 is 0 Å². The lowest BCUT2D eigenvalue weighted by Gasteiger charge is -2.14. The first kappa shape index (κ1) is 14.4. The van der Waals surface area contributed by atoms with Crippen LogP contribution >= 0.6 is 0 Å². The zero-order chi connectivity index (χ0) is 13.4. The molecule has 18 heavy (non-hydrogen) atoms. The Labute approximate surface area is 109 Å². The lowest BCUT2D eigenvalue weighted by Crippen LogP contribution is -2.00. The third-order valence-electron chi connectivity index (χ3n) is 2.91. The first-order valence-corrected chi connectivity index (χ1v) is 6.40. The number of hydrogen-bond donors (Lipinski definition) is 0. The van der Waals surface area contributed by atoms with E-state index in [0.29, 0.717) is 18.9 Å². The molecule has 98 valence electrons. The van der Waals surface area contributed by atoms with Crippen molar-refractivity contribution < 1.29 is 9.47 Å². The van der Waals surface area contributed by atoms with E-state index in [0.717, 1.165) is 24.3 Å². The first-order valence-electron chi connectivity index (χ1n) is 6.40. The molecule has 0 aliphatic heterocycles. The molecule has 0 bridgehead atoms. The Kier molecular flexibility index (Phi) is 6.07. The fourth-order valence-corrected chi connectivity index (χ4v) is 1.77. The van der Waals surface area contributed by atoms with Crippen LogP contribution in [0.1, 0.15) is 44.6 Å². The van der Waals surface area contributed by atoms with Crippen LogP contribution in [0.5, 0.6) is 11.5 Å². The molecule has 0 saturated carbocycles. The van der Waals surface area contributed by atoms with Crippen molar-refractivity contribution in [1.29, 1.82) is 5.26 Å². The molecule has 0 aliphatic carbocycles. The Morgan fingerprint density at radius 3 is 2.72 bits per heavy atom. The highest BCUT2D eigenvalue weighted by atomic mass is 16.5. The first-order chi connectivity index (χ1) is 8.72. The minimum Gasteiger partial charge on any atom is -0.493 e. The van der Waals surface area contributed by atoms with Crippen LogP contribution in [0.4, 0.5) is 0 Å². The molecule has 0 fully saturated rings. The van der Waals surface area contributed by atoms with Gasteiger partial charge in [-0.25, -0.2) is 0 Å². The second kappa shape index (κ2) is 7.60. The van der Waals surface area contributed by atoms with Gasteiger partial charge in [-0.3, -0.25) is 0 Å². The topological polar surface area (TPSA) is 42.2 Å². The van der Waals surface area contributed by atoms with Crippen LogP contribution in [0.3, 0.4) is 0 Å². The van der Waals surface area contributed by atoms with E-state index in [-0.39, 0.29) is 0 Å². The minimum atomic E-state index is 0.360. The quantitative estimate of drug-likeness (QED) is 0.734. The summed E-state index contributed by atoms with van der Waals surface area (Å²) >= 11 is 0. The van der Waals surface area contributed by atoms with Gasteiger partial charge in [0, 0.05) is 6.42 Å². The van der Waals surface area contributed by atoms with Crippen molar-refractivity contribution in [3.8, 4) is 17.6 Å². The summed E-state index contributed by atoms with van der Waals surface area (Å²) < 4.78 is 11.0. The van der Waals surface area contributed by atoms with Gasteiger partial charge in [-0.05, 0) is 36.5 Å². The van der Waals surface area contributed by atoms with Crippen molar-refractivity contribution in [1.82, 2.24) is 0 Å². The number of benzene rings is 1. The van der Waals surface area contributed by atoms with E-state index in [2.05, 4.69) is 26.0 Å². The van der Waals surface area contributed by atoms with Crippen molar-refractivity contribution in [2.75, 3.05) is 13.7 Å². The monoisotopic (exact) mass is 247 g/mol. The second-order valence-electron chi connectivity index (χ2n) is 4.36. The van der Waals surface area contributed by atoms with Gasteiger partial charge in [0.1, 0.15) is 0 Å². The van der Waals surface area contributed by atoms with Gasteiger partial charge >= 0.3 is 0 Å². The summed E-state index contributed by atoms with van der Waals surface area (Å²) in [6.07, 6.45) is 2.43. The van der Waals surface area contributed by atoms with E-state index in [9.17, 15) is 0 Å². The van der Waals surface area contributed by atoms with Crippen molar-refractivity contribution >= 4 is 0 Å². The molecule has 0 radical (unpaired) electrons. The molecule has 1 atom stereocenters. The molecule has 1 aromatic rings. The van der Waals surface area contributed by atoms with Crippen LogP contribution in [-0.4, -0.2) is 13.7 Å². The molecule has 0 aliphatic rings. The Morgan fingerprint density at radius 1 is 1.33 bits per heavy atom. The van der Waals surface area contributed by atoms with Crippen LogP contribution in [-0.2, 0) is 0 Å². The third-order valence-corrected chi connectivity index (χ3v) is 2.91. The Balaban J connectivity index is 2.81. The van der Waals surface area contributed by atoms with E-state index in [4.69, 9.17) is 14.7 Å². The average Bonchev–Trinajstić information content (AvgIpc) is 2.42. The fourth-order valence-electron chi connectivity index (χ4n) is 1.77. The fraction of sp³-hybridized carbons (Fsp3) is 0.533. The average molecular weight is 247 g/mol. The maximum atomic E-state index is 8.61. The molecule has 0 heterocycles. The largest absolute Gasteiger partial charge is 0.493 e. The highest BCUT2D eigenvalue weighted by molar-refractivity contribution is 5.43. The normalized spacial score (nSPS) is 11.7. The van der Waals surface area contributed by atoms with Crippen molar-refractivity contribution in [3.05, 3.63) is 23.8 Å². The summed E-state index contributed by atoms with van der Waals surface area (Å²) in [5, 5.41) is 8.61. The van der Waals surface area contributed by atoms with E-state index in [1.807, 2.05) is 12.1 Å². The number of methoxy groups -OCH3 is 1. The minimum absolute atomic E-state index is 0.360. The van der Waals surface area contributed by atoms with Crippen LogP contribution in [0, 0.1) is 11.3 Å². The molecular formula is C15H21NO2. The summed E-state index contributed by atoms with van der Waals surface area (Å²) in [4.78, 5) is 0. The number of hydrogen-bond acceptors (Lipinski definition) is 3. The molecule has 1 rings (SSSR count). The summed E-state index contributed by atoms with van der Waals surface area (Å²) in [5.74, 6) is 1.92. The van der Waals surface area contributed by atoms with Crippen molar-refractivity contribution in [3.63, 3.8) is 0 Å². The predicted octanol–water partition coefficient (Wildman–Crippen LogP) is 3.89. The maximum Gasteiger partial charge on any atom is 0.161 e. The summed E-state index contributed by atoms with van der Waals surface area (Å²) in [6.45, 7) is 4.89. The zero-order valence-electron chi connectivity index (χ0n) is 11.4. The molecule has 3 heteroatoms. The van der Waals surface area contributed by atoms with Crippen molar-refractivity contribution in [2.24, 2.45) is 0 Å². The van der Waals surface area contributed by atoms with Gasteiger partial charge in [-0.2, -0.15) is 5.26 Å². The van der Waals surface area contributed by atoms with Gasteiger partial charge in [0.25, 0.3) is 0 Å². The van der Waals surface area contributed by atoms with E-state index in [1.54, 1.807) is 7.11 Å². The smallest absolute Gasteiger partial charge is 0.161 e. The van der Waals surface area contributed by atoms with Gasteiger partial charge in [-0.15, -0.1) is 0 Å². The van der Waals surface area contributed by atoms with Crippen LogP contribution < -0.4 is 9.47 Å². The lowest BCUT2D eigenvalue weighted by atomic mass is 9.96. The number of ether oxygens (including phenoxy) is 2. The van der Waals surface area contributed by atoms with Crippen molar-refractivity contribution in [2.45, 2.75) is 39.0 Å². The summed E-state index contributed by atoms with van der Waals surface area (Å²) in [6, 6.07) is 8.19. The van der Waals surface area contributed by atoms with Gasteiger partial charge < -0.3 is 9.47 Å². The maximum absolute atomic E-state index is 8.61. The van der Waals surface area contributed by atoms with Crippen LogP contribution in [0.2, 0.25) is 0 Å². The van der Waals surface area contributed by atoms with Crippen LogP contribution in [0.25, 0.3) is 0 Å². The third kappa shape index (κ3) is 3.96. The standard InChI is InChI=1S/C15H21NO2/c1-4-10-18-14-8-7-13(11-15(14)17-3)12(2)6-5-9-16/h7-8,11-12H,4-6,10H2,1-3H3. The molecule has 1 unspecified atom stereocenters. The Bertz CT molecular complexity index is 409. The van der Waals surface area contributed by atoms with E-state index in [1.165, 1.54) is 5.56 Å². The van der Waals surface area contributed by atoms with E-state index < -0.39 is 0 Å². The zero-order valence-corrected chi connectivity index (χ0v) is 11.4. The Morgan fingerprint density at radius 2 is 2.11 bits per heavy atom. The molecule has 0 amide bonds. The molecule has 3 nitrogen and oxygen atoms in total. The number of nitrogens with zero attached hydrogens (tertiary/aromatic N) is 1. The second-order valence-corrected chi connectivity index (χ2v) is 4.36. The highest BCUT2D eigenvalue weighted by Crippen LogP contribution is 2.32. The summed E-state index contributed by atoms with van der Waals surface area (Å²) in [7, 11) is 1.65. The predicted molar refractivity (Wildman–Crippen MR) is 72.0 cm³/mol. The Hall–Kier alpha value is -1.69. The van der Waals surface area contributed by atoms with Gasteiger partial charge in [-0.1, -0.05) is 19.9 Å². The number of rotatable bonds is 7. The van der Waals surface area contributed by atoms with Crippen LogP contribution in [0.15, 0.2) is 18.2 Å². The molecular weight excluding hydrogens is 226 g/mol. The molecule has 0 aromatic heterocycles. The number of nitriles is 1. The van der Waals surface area contributed by atoms with Gasteiger partial charge in [0.2, 0.25) is 0 Å². The highest BCUT2D eigenvalue weighted by Gasteiger charge is 2.10.